The normalized spacial score (nSPS) is 14.6. The van der Waals surface area contributed by atoms with Crippen molar-refractivity contribution in [2.75, 3.05) is 6.26 Å². The van der Waals surface area contributed by atoms with Gasteiger partial charge in [0.1, 0.15) is 0 Å². The number of hydrogen-bond acceptors (Lipinski definition) is 4. The third-order valence-electron chi connectivity index (χ3n) is 3.23. The Morgan fingerprint density at radius 1 is 1.24 bits per heavy atom. The molecule has 0 spiro atoms. The van der Waals surface area contributed by atoms with E-state index >= 15 is 0 Å². The van der Waals surface area contributed by atoms with Gasteiger partial charge in [0.15, 0.2) is 9.84 Å². The molecule has 4 nitrogen and oxygen atoms in total. The third kappa shape index (κ3) is 2.86. The van der Waals surface area contributed by atoms with E-state index in [0.29, 0.717) is 0 Å². The first-order chi connectivity index (χ1) is 7.70. The van der Waals surface area contributed by atoms with Gasteiger partial charge in [-0.25, -0.2) is 8.42 Å². The van der Waals surface area contributed by atoms with Crippen molar-refractivity contribution in [1.29, 1.82) is 0 Å². The van der Waals surface area contributed by atoms with Crippen molar-refractivity contribution >= 4 is 9.84 Å². The van der Waals surface area contributed by atoms with Crippen LogP contribution in [-0.2, 0) is 9.84 Å². The van der Waals surface area contributed by atoms with E-state index in [-0.39, 0.29) is 0 Å². The molecular weight excluding hydrogens is 236 g/mol. The Kier molecular flexibility index (Phi) is 3.96. The summed E-state index contributed by atoms with van der Waals surface area (Å²) in [4.78, 5) is 0. The van der Waals surface area contributed by atoms with Gasteiger partial charge in [-0.3, -0.25) is 11.3 Å². The van der Waals surface area contributed by atoms with Crippen LogP contribution in [0.5, 0.6) is 0 Å². The van der Waals surface area contributed by atoms with Crippen LogP contribution in [0.3, 0.4) is 0 Å². The molecular formula is C12H20N2O2S. The quantitative estimate of drug-likeness (QED) is 0.629. The highest BCUT2D eigenvalue weighted by Gasteiger charge is 2.39. The standard InChI is InChI=1S/C12H20N2O2S/c1-9-5-7-10(8-6-9)11(14-13)12(2,3)17(4,15)16/h5-8,11,14H,13H2,1-4H3. The maximum absolute atomic E-state index is 11.8. The molecule has 0 bridgehead atoms. The molecule has 1 unspecified atom stereocenters. The molecule has 1 aromatic rings. The highest BCUT2D eigenvalue weighted by molar-refractivity contribution is 7.92. The minimum atomic E-state index is -3.21. The Bertz CT molecular complexity index is 478. The summed E-state index contributed by atoms with van der Waals surface area (Å²) >= 11 is 0. The number of aryl methyl sites for hydroxylation is 1. The van der Waals surface area contributed by atoms with Crippen LogP contribution in [0, 0.1) is 6.92 Å². The van der Waals surface area contributed by atoms with Crippen molar-refractivity contribution in [3.63, 3.8) is 0 Å². The first kappa shape index (κ1) is 14.2. The molecule has 0 aliphatic heterocycles. The summed E-state index contributed by atoms with van der Waals surface area (Å²) < 4.78 is 22.6. The van der Waals surface area contributed by atoms with Gasteiger partial charge in [-0.05, 0) is 26.3 Å². The monoisotopic (exact) mass is 256 g/mol. The van der Waals surface area contributed by atoms with E-state index in [1.54, 1.807) is 13.8 Å². The molecule has 0 amide bonds. The fraction of sp³-hybridized carbons (Fsp3) is 0.500. The van der Waals surface area contributed by atoms with Crippen molar-refractivity contribution in [2.24, 2.45) is 5.84 Å². The molecule has 0 aromatic heterocycles. The van der Waals surface area contributed by atoms with E-state index < -0.39 is 20.6 Å². The fourth-order valence-electron chi connectivity index (χ4n) is 1.67. The van der Waals surface area contributed by atoms with Crippen LogP contribution in [0.1, 0.15) is 31.0 Å². The Morgan fingerprint density at radius 3 is 2.06 bits per heavy atom. The molecule has 96 valence electrons. The Hall–Kier alpha value is -0.910. The predicted molar refractivity (Wildman–Crippen MR) is 70.2 cm³/mol. The highest BCUT2D eigenvalue weighted by Crippen LogP contribution is 2.31. The van der Waals surface area contributed by atoms with Gasteiger partial charge in [0.25, 0.3) is 0 Å². The van der Waals surface area contributed by atoms with Gasteiger partial charge < -0.3 is 0 Å². The summed E-state index contributed by atoms with van der Waals surface area (Å²) in [5.41, 5.74) is 4.60. The molecule has 1 aromatic carbocycles. The van der Waals surface area contributed by atoms with Gasteiger partial charge in [0.2, 0.25) is 0 Å². The van der Waals surface area contributed by atoms with Crippen molar-refractivity contribution in [3.8, 4) is 0 Å². The number of nitrogens with one attached hydrogen (secondary N) is 1. The zero-order valence-electron chi connectivity index (χ0n) is 10.7. The summed E-state index contributed by atoms with van der Waals surface area (Å²) in [6.07, 6.45) is 1.23. The van der Waals surface area contributed by atoms with Gasteiger partial charge in [-0.1, -0.05) is 29.8 Å². The van der Waals surface area contributed by atoms with Gasteiger partial charge in [0.05, 0.1) is 10.8 Å². The summed E-state index contributed by atoms with van der Waals surface area (Å²) in [5.74, 6) is 5.51. The number of hydrogen-bond donors (Lipinski definition) is 2. The Balaban J connectivity index is 3.21. The number of nitrogens with two attached hydrogens (primary N) is 1. The second-order valence-corrected chi connectivity index (χ2v) is 7.48. The average molecular weight is 256 g/mol. The van der Waals surface area contributed by atoms with E-state index in [1.807, 2.05) is 31.2 Å². The van der Waals surface area contributed by atoms with E-state index in [9.17, 15) is 8.42 Å². The van der Waals surface area contributed by atoms with Gasteiger partial charge in [0, 0.05) is 6.26 Å². The molecule has 17 heavy (non-hydrogen) atoms. The smallest absolute Gasteiger partial charge is 0.154 e. The Labute approximate surface area is 103 Å². The molecule has 0 heterocycles. The number of benzene rings is 1. The first-order valence-electron chi connectivity index (χ1n) is 5.42. The van der Waals surface area contributed by atoms with Crippen LogP contribution in [-0.4, -0.2) is 19.4 Å². The summed E-state index contributed by atoms with van der Waals surface area (Å²) in [7, 11) is -3.21. The molecule has 0 saturated heterocycles. The number of hydrazine groups is 1. The maximum atomic E-state index is 11.8. The first-order valence-corrected chi connectivity index (χ1v) is 7.31. The van der Waals surface area contributed by atoms with Crippen molar-refractivity contribution in [3.05, 3.63) is 35.4 Å². The fourth-order valence-corrected chi connectivity index (χ4v) is 2.30. The van der Waals surface area contributed by atoms with Crippen LogP contribution < -0.4 is 11.3 Å². The molecule has 0 radical (unpaired) electrons. The Morgan fingerprint density at radius 2 is 1.71 bits per heavy atom. The highest BCUT2D eigenvalue weighted by atomic mass is 32.2. The van der Waals surface area contributed by atoms with E-state index in [4.69, 9.17) is 5.84 Å². The van der Waals surface area contributed by atoms with Gasteiger partial charge >= 0.3 is 0 Å². The largest absolute Gasteiger partial charge is 0.271 e. The lowest BCUT2D eigenvalue weighted by Crippen LogP contribution is -2.47. The molecule has 1 atom stereocenters. The van der Waals surface area contributed by atoms with E-state index in [0.717, 1.165) is 11.1 Å². The van der Waals surface area contributed by atoms with Crippen LogP contribution >= 0.6 is 0 Å². The summed E-state index contributed by atoms with van der Waals surface area (Å²) in [5, 5.41) is 0. The minimum Gasteiger partial charge on any atom is -0.271 e. The molecule has 0 aliphatic rings. The van der Waals surface area contributed by atoms with Crippen molar-refractivity contribution in [1.82, 2.24) is 5.43 Å². The zero-order chi connectivity index (χ0) is 13.3. The van der Waals surface area contributed by atoms with Crippen LogP contribution in [0.25, 0.3) is 0 Å². The zero-order valence-corrected chi connectivity index (χ0v) is 11.5. The lowest BCUT2D eigenvalue weighted by molar-refractivity contribution is 0.427. The van der Waals surface area contributed by atoms with Crippen molar-refractivity contribution < 1.29 is 8.42 Å². The van der Waals surface area contributed by atoms with Gasteiger partial charge in [-0.15, -0.1) is 0 Å². The summed E-state index contributed by atoms with van der Waals surface area (Å²) in [6, 6.07) is 7.24. The number of rotatable bonds is 4. The predicted octanol–water partition coefficient (Wildman–Crippen LogP) is 1.32. The molecule has 0 aliphatic carbocycles. The lowest BCUT2D eigenvalue weighted by Gasteiger charge is -2.32. The molecule has 3 N–H and O–H groups in total. The molecule has 0 saturated carbocycles. The van der Waals surface area contributed by atoms with Crippen LogP contribution in [0.15, 0.2) is 24.3 Å². The minimum absolute atomic E-state index is 0.432. The van der Waals surface area contributed by atoms with Crippen LogP contribution in [0.4, 0.5) is 0 Å². The maximum Gasteiger partial charge on any atom is 0.154 e. The number of sulfone groups is 1. The van der Waals surface area contributed by atoms with Gasteiger partial charge in [-0.2, -0.15) is 0 Å². The summed E-state index contributed by atoms with van der Waals surface area (Å²) in [6.45, 7) is 5.33. The SMILES string of the molecule is Cc1ccc(C(NN)C(C)(C)S(C)(=O)=O)cc1. The van der Waals surface area contributed by atoms with E-state index in [1.165, 1.54) is 6.26 Å². The van der Waals surface area contributed by atoms with E-state index in [2.05, 4.69) is 5.43 Å². The second-order valence-electron chi connectivity index (χ2n) is 4.89. The second kappa shape index (κ2) is 4.76. The third-order valence-corrected chi connectivity index (χ3v) is 5.38. The average Bonchev–Trinajstić information content (AvgIpc) is 2.20. The molecule has 5 heteroatoms. The lowest BCUT2D eigenvalue weighted by atomic mass is 9.95. The topological polar surface area (TPSA) is 72.2 Å². The molecule has 1 rings (SSSR count). The van der Waals surface area contributed by atoms with Crippen molar-refractivity contribution in [2.45, 2.75) is 31.6 Å². The molecule has 0 fully saturated rings. The van der Waals surface area contributed by atoms with Crippen LogP contribution in [0.2, 0.25) is 0 Å².